The summed E-state index contributed by atoms with van der Waals surface area (Å²) in [4.78, 5) is 0. The van der Waals surface area contributed by atoms with Gasteiger partial charge in [-0.15, -0.1) is 0 Å². The molecule has 16 heavy (non-hydrogen) atoms. The molecule has 0 heterocycles. The zero-order chi connectivity index (χ0) is 11.8. The molecule has 0 N–H and O–H groups in total. The first-order valence-corrected chi connectivity index (χ1v) is 6.02. The van der Waals surface area contributed by atoms with Crippen LogP contribution in [0.4, 0.5) is 0 Å². The SMILES string of the molecule is CCOC(OCCC(C)C)c1ccccc1. The van der Waals surface area contributed by atoms with Crippen LogP contribution in [0.5, 0.6) is 0 Å². The lowest BCUT2D eigenvalue weighted by Crippen LogP contribution is -2.10. The fourth-order valence-corrected chi connectivity index (χ4v) is 1.41. The Morgan fingerprint density at radius 3 is 2.31 bits per heavy atom. The molecule has 1 rings (SSSR count). The fourth-order valence-electron chi connectivity index (χ4n) is 1.41. The van der Waals surface area contributed by atoms with Gasteiger partial charge in [-0.1, -0.05) is 44.2 Å². The van der Waals surface area contributed by atoms with Gasteiger partial charge in [0.15, 0.2) is 6.29 Å². The Hall–Kier alpha value is -0.860. The van der Waals surface area contributed by atoms with E-state index in [0.717, 1.165) is 18.6 Å². The number of ether oxygens (including phenoxy) is 2. The topological polar surface area (TPSA) is 18.5 Å². The van der Waals surface area contributed by atoms with Gasteiger partial charge in [-0.05, 0) is 19.3 Å². The van der Waals surface area contributed by atoms with Gasteiger partial charge in [-0.3, -0.25) is 0 Å². The van der Waals surface area contributed by atoms with Crippen LogP contribution in [0.25, 0.3) is 0 Å². The average molecular weight is 222 g/mol. The van der Waals surface area contributed by atoms with E-state index >= 15 is 0 Å². The van der Waals surface area contributed by atoms with Crippen molar-refractivity contribution in [2.45, 2.75) is 33.5 Å². The van der Waals surface area contributed by atoms with Gasteiger partial charge in [0.2, 0.25) is 0 Å². The first kappa shape index (κ1) is 13.2. The average Bonchev–Trinajstić information content (AvgIpc) is 2.29. The largest absolute Gasteiger partial charge is 0.349 e. The Morgan fingerprint density at radius 1 is 1.06 bits per heavy atom. The van der Waals surface area contributed by atoms with Crippen molar-refractivity contribution < 1.29 is 9.47 Å². The number of rotatable bonds is 7. The molecular weight excluding hydrogens is 200 g/mol. The third-order valence-electron chi connectivity index (χ3n) is 2.35. The molecule has 90 valence electrons. The van der Waals surface area contributed by atoms with E-state index in [9.17, 15) is 0 Å². The van der Waals surface area contributed by atoms with Crippen LogP contribution in [-0.2, 0) is 9.47 Å². The molecule has 0 spiro atoms. The minimum Gasteiger partial charge on any atom is -0.349 e. The molecule has 2 heteroatoms. The van der Waals surface area contributed by atoms with Crippen molar-refractivity contribution >= 4 is 0 Å². The molecule has 2 nitrogen and oxygen atoms in total. The molecule has 0 saturated heterocycles. The van der Waals surface area contributed by atoms with E-state index in [1.165, 1.54) is 0 Å². The Kier molecular flexibility index (Phi) is 6.12. The standard InChI is InChI=1S/C14H22O2/c1-4-15-14(16-11-10-12(2)3)13-8-6-5-7-9-13/h5-9,12,14H,4,10-11H2,1-3H3. The van der Waals surface area contributed by atoms with Gasteiger partial charge < -0.3 is 9.47 Å². The molecule has 1 unspecified atom stereocenters. The highest BCUT2D eigenvalue weighted by Gasteiger charge is 2.11. The molecule has 1 aromatic carbocycles. The van der Waals surface area contributed by atoms with Gasteiger partial charge in [-0.2, -0.15) is 0 Å². The number of hydrogen-bond acceptors (Lipinski definition) is 2. The van der Waals surface area contributed by atoms with Crippen molar-refractivity contribution in [2.75, 3.05) is 13.2 Å². The highest BCUT2D eigenvalue weighted by atomic mass is 16.7. The van der Waals surface area contributed by atoms with Crippen molar-refractivity contribution in [2.24, 2.45) is 5.92 Å². The molecule has 0 bridgehead atoms. The van der Waals surface area contributed by atoms with E-state index in [2.05, 4.69) is 13.8 Å². The Morgan fingerprint density at radius 2 is 1.75 bits per heavy atom. The minimum atomic E-state index is -0.218. The van der Waals surface area contributed by atoms with Crippen molar-refractivity contribution in [1.29, 1.82) is 0 Å². The van der Waals surface area contributed by atoms with Crippen LogP contribution in [0.15, 0.2) is 30.3 Å². The summed E-state index contributed by atoms with van der Waals surface area (Å²) < 4.78 is 11.3. The van der Waals surface area contributed by atoms with Crippen molar-refractivity contribution in [3.63, 3.8) is 0 Å². The number of benzene rings is 1. The summed E-state index contributed by atoms with van der Waals surface area (Å²) in [5, 5.41) is 0. The summed E-state index contributed by atoms with van der Waals surface area (Å²) in [5.74, 6) is 0.665. The van der Waals surface area contributed by atoms with Crippen LogP contribution in [-0.4, -0.2) is 13.2 Å². The van der Waals surface area contributed by atoms with E-state index in [0.29, 0.717) is 12.5 Å². The van der Waals surface area contributed by atoms with Crippen LogP contribution in [0.2, 0.25) is 0 Å². The molecular formula is C14H22O2. The predicted molar refractivity (Wildman–Crippen MR) is 66.2 cm³/mol. The Labute approximate surface area is 98.6 Å². The van der Waals surface area contributed by atoms with E-state index in [4.69, 9.17) is 9.47 Å². The summed E-state index contributed by atoms with van der Waals surface area (Å²) in [5.41, 5.74) is 1.09. The first-order chi connectivity index (χ1) is 7.74. The molecule has 0 radical (unpaired) electrons. The summed E-state index contributed by atoms with van der Waals surface area (Å²) in [6, 6.07) is 10.1. The highest BCUT2D eigenvalue weighted by molar-refractivity contribution is 5.15. The van der Waals surface area contributed by atoms with Gasteiger partial charge in [-0.25, -0.2) is 0 Å². The molecule has 0 aliphatic rings. The van der Waals surface area contributed by atoms with E-state index in [1.54, 1.807) is 0 Å². The second-order valence-electron chi connectivity index (χ2n) is 4.25. The quantitative estimate of drug-likeness (QED) is 0.653. The Balaban J connectivity index is 2.48. The second-order valence-corrected chi connectivity index (χ2v) is 4.25. The van der Waals surface area contributed by atoms with E-state index in [1.807, 2.05) is 37.3 Å². The summed E-state index contributed by atoms with van der Waals surface area (Å²) in [6.07, 6.45) is 0.848. The van der Waals surface area contributed by atoms with Crippen LogP contribution in [0, 0.1) is 5.92 Å². The first-order valence-electron chi connectivity index (χ1n) is 6.02. The van der Waals surface area contributed by atoms with Crippen LogP contribution >= 0.6 is 0 Å². The third-order valence-corrected chi connectivity index (χ3v) is 2.35. The number of hydrogen-bond donors (Lipinski definition) is 0. The van der Waals surface area contributed by atoms with E-state index in [-0.39, 0.29) is 6.29 Å². The summed E-state index contributed by atoms with van der Waals surface area (Å²) in [6.45, 7) is 7.79. The summed E-state index contributed by atoms with van der Waals surface area (Å²) in [7, 11) is 0. The molecule has 0 aliphatic carbocycles. The summed E-state index contributed by atoms with van der Waals surface area (Å²) >= 11 is 0. The van der Waals surface area contributed by atoms with Crippen LogP contribution < -0.4 is 0 Å². The second kappa shape index (κ2) is 7.42. The zero-order valence-corrected chi connectivity index (χ0v) is 10.5. The maximum atomic E-state index is 5.76. The molecule has 1 aromatic rings. The molecule has 0 amide bonds. The Bertz CT molecular complexity index is 269. The molecule has 0 fully saturated rings. The maximum absolute atomic E-state index is 5.76. The smallest absolute Gasteiger partial charge is 0.183 e. The van der Waals surface area contributed by atoms with E-state index < -0.39 is 0 Å². The van der Waals surface area contributed by atoms with Crippen LogP contribution in [0.1, 0.15) is 39.0 Å². The molecule has 0 aliphatic heterocycles. The van der Waals surface area contributed by atoms with Gasteiger partial charge in [0.25, 0.3) is 0 Å². The molecule has 0 aromatic heterocycles. The van der Waals surface area contributed by atoms with Crippen molar-refractivity contribution in [1.82, 2.24) is 0 Å². The van der Waals surface area contributed by atoms with Gasteiger partial charge in [0.05, 0.1) is 6.61 Å². The zero-order valence-electron chi connectivity index (χ0n) is 10.5. The monoisotopic (exact) mass is 222 g/mol. The molecule has 0 saturated carbocycles. The maximum Gasteiger partial charge on any atom is 0.183 e. The van der Waals surface area contributed by atoms with Crippen LogP contribution in [0.3, 0.4) is 0 Å². The fraction of sp³-hybridized carbons (Fsp3) is 0.571. The van der Waals surface area contributed by atoms with Gasteiger partial charge >= 0.3 is 0 Å². The predicted octanol–water partition coefficient (Wildman–Crippen LogP) is 3.78. The lowest BCUT2D eigenvalue weighted by atomic mass is 10.1. The lowest BCUT2D eigenvalue weighted by molar-refractivity contribution is -0.145. The highest BCUT2D eigenvalue weighted by Crippen LogP contribution is 2.19. The van der Waals surface area contributed by atoms with Gasteiger partial charge in [0, 0.05) is 12.2 Å². The van der Waals surface area contributed by atoms with Crippen molar-refractivity contribution in [3.05, 3.63) is 35.9 Å². The van der Waals surface area contributed by atoms with Gasteiger partial charge in [0.1, 0.15) is 0 Å². The normalized spacial score (nSPS) is 13.0. The molecule has 1 atom stereocenters. The lowest BCUT2D eigenvalue weighted by Gasteiger charge is -2.18. The third kappa shape index (κ3) is 4.77. The van der Waals surface area contributed by atoms with Crippen molar-refractivity contribution in [3.8, 4) is 0 Å². The minimum absolute atomic E-state index is 0.218.